The molecule has 3 aromatic carbocycles. The molecule has 2 aliphatic rings. The monoisotopic (exact) mass is 484 g/mol. The van der Waals surface area contributed by atoms with Gasteiger partial charge in [-0.1, -0.05) is 42.5 Å². The molecule has 0 bridgehead atoms. The van der Waals surface area contributed by atoms with E-state index in [2.05, 4.69) is 4.90 Å². The predicted molar refractivity (Wildman–Crippen MR) is 136 cm³/mol. The minimum Gasteiger partial charge on any atom is -0.454 e. The van der Waals surface area contributed by atoms with Crippen molar-refractivity contribution in [2.24, 2.45) is 0 Å². The molecule has 0 N–H and O–H groups in total. The molecule has 1 fully saturated rings. The first-order valence-electron chi connectivity index (χ1n) is 11.8. The van der Waals surface area contributed by atoms with Crippen LogP contribution < -0.4 is 19.9 Å². The van der Waals surface area contributed by atoms with Crippen molar-refractivity contribution in [2.45, 2.75) is 6.54 Å². The molecule has 0 radical (unpaired) electrons. The molecular formula is C27H24N4O5. The molecule has 0 saturated carbocycles. The fraction of sp³-hybridized carbons (Fsp3) is 0.222. The van der Waals surface area contributed by atoms with Crippen LogP contribution in [0, 0.1) is 10.1 Å². The zero-order chi connectivity index (χ0) is 24.6. The number of rotatable bonds is 5. The summed E-state index contributed by atoms with van der Waals surface area (Å²) in [4.78, 5) is 29.5. The first kappa shape index (κ1) is 22.1. The van der Waals surface area contributed by atoms with E-state index in [1.807, 2.05) is 65.6 Å². The molecule has 6 rings (SSSR count). The minimum atomic E-state index is -0.623. The molecule has 2 aliphatic heterocycles. The summed E-state index contributed by atoms with van der Waals surface area (Å²) in [5.74, 6) is 1.51. The first-order chi connectivity index (χ1) is 17.6. The molecule has 9 nitrogen and oxygen atoms in total. The van der Waals surface area contributed by atoms with Gasteiger partial charge in [-0.3, -0.25) is 24.4 Å². The van der Waals surface area contributed by atoms with Crippen molar-refractivity contribution in [1.82, 2.24) is 9.47 Å². The van der Waals surface area contributed by atoms with Crippen LogP contribution in [0.5, 0.6) is 11.5 Å². The van der Waals surface area contributed by atoms with E-state index in [0.29, 0.717) is 48.5 Å². The molecule has 0 unspecified atom stereocenters. The van der Waals surface area contributed by atoms with E-state index in [4.69, 9.17) is 9.47 Å². The molecule has 0 amide bonds. The van der Waals surface area contributed by atoms with Gasteiger partial charge < -0.3 is 14.4 Å². The number of benzene rings is 3. The normalized spacial score (nSPS) is 15.4. The fourth-order valence-corrected chi connectivity index (χ4v) is 5.06. The van der Waals surface area contributed by atoms with Gasteiger partial charge in [-0.15, -0.1) is 0 Å². The maximum absolute atomic E-state index is 13.5. The Balaban J connectivity index is 1.33. The summed E-state index contributed by atoms with van der Waals surface area (Å²) < 4.78 is 12.3. The topological polar surface area (TPSA) is 90.1 Å². The molecule has 182 valence electrons. The highest BCUT2D eigenvalue weighted by Gasteiger charge is 2.31. The molecule has 9 heteroatoms. The lowest BCUT2D eigenvalue weighted by atomic mass is 10.1. The third-order valence-electron chi connectivity index (χ3n) is 6.76. The van der Waals surface area contributed by atoms with E-state index in [0.717, 1.165) is 23.6 Å². The number of pyridine rings is 1. The highest BCUT2D eigenvalue weighted by atomic mass is 16.7. The number of nitrogens with zero attached hydrogens (tertiary/aromatic N) is 4. The number of aromatic nitrogens is 1. The van der Waals surface area contributed by atoms with Gasteiger partial charge in [0.25, 0.3) is 0 Å². The van der Waals surface area contributed by atoms with Crippen molar-refractivity contribution in [3.63, 3.8) is 0 Å². The number of anilines is 1. The molecule has 3 heterocycles. The van der Waals surface area contributed by atoms with Gasteiger partial charge in [0, 0.05) is 43.8 Å². The van der Waals surface area contributed by atoms with Crippen LogP contribution in [0.4, 0.5) is 11.4 Å². The summed E-state index contributed by atoms with van der Waals surface area (Å²) in [6.07, 6.45) is 0. The molecule has 1 aromatic heterocycles. The van der Waals surface area contributed by atoms with Crippen LogP contribution in [0.2, 0.25) is 0 Å². The number of para-hydroxylation sites is 2. The van der Waals surface area contributed by atoms with Gasteiger partial charge in [-0.25, -0.2) is 0 Å². The van der Waals surface area contributed by atoms with Gasteiger partial charge in [0.2, 0.25) is 6.79 Å². The van der Waals surface area contributed by atoms with Crippen LogP contribution in [0.25, 0.3) is 16.6 Å². The predicted octanol–water partition coefficient (Wildman–Crippen LogP) is 3.95. The van der Waals surface area contributed by atoms with E-state index >= 15 is 0 Å². The van der Waals surface area contributed by atoms with E-state index in [1.165, 1.54) is 4.57 Å². The van der Waals surface area contributed by atoms with Crippen LogP contribution in [-0.2, 0) is 6.54 Å². The minimum absolute atomic E-state index is 0.243. The van der Waals surface area contributed by atoms with Gasteiger partial charge in [-0.05, 0) is 35.9 Å². The van der Waals surface area contributed by atoms with E-state index in [1.54, 1.807) is 12.1 Å². The van der Waals surface area contributed by atoms with Crippen molar-refractivity contribution in [1.29, 1.82) is 0 Å². The Labute approximate surface area is 206 Å². The summed E-state index contributed by atoms with van der Waals surface area (Å²) in [5.41, 5.74) is 1.76. The van der Waals surface area contributed by atoms with Crippen LogP contribution >= 0.6 is 0 Å². The van der Waals surface area contributed by atoms with Crippen LogP contribution in [0.3, 0.4) is 0 Å². The molecule has 0 aliphatic carbocycles. The smallest absolute Gasteiger partial charge is 0.358 e. The van der Waals surface area contributed by atoms with Crippen LogP contribution in [-0.4, -0.2) is 47.4 Å². The second-order valence-corrected chi connectivity index (χ2v) is 8.90. The molecule has 4 aromatic rings. The zero-order valence-electron chi connectivity index (χ0n) is 19.5. The Bertz CT molecular complexity index is 1510. The van der Waals surface area contributed by atoms with Crippen molar-refractivity contribution < 1.29 is 14.4 Å². The Morgan fingerprint density at radius 1 is 0.861 bits per heavy atom. The quantitative estimate of drug-likeness (QED) is 0.313. The number of fused-ring (bicyclic) bond motifs is 2. The Morgan fingerprint density at radius 2 is 1.58 bits per heavy atom. The van der Waals surface area contributed by atoms with Gasteiger partial charge in [0.1, 0.15) is 5.69 Å². The van der Waals surface area contributed by atoms with E-state index in [9.17, 15) is 14.9 Å². The van der Waals surface area contributed by atoms with Crippen molar-refractivity contribution >= 4 is 22.3 Å². The second kappa shape index (κ2) is 9.01. The highest BCUT2D eigenvalue weighted by molar-refractivity contribution is 5.97. The SMILES string of the molecule is O=c1c([N+](=O)[O-])c(N2CCN(Cc3ccc4c(c3)OCO4)CC2)c2ccccc2n1-c1ccccc1. The third kappa shape index (κ3) is 3.83. The number of hydrogen-bond acceptors (Lipinski definition) is 7. The van der Waals surface area contributed by atoms with Gasteiger partial charge in [-0.2, -0.15) is 0 Å². The fourth-order valence-electron chi connectivity index (χ4n) is 5.06. The van der Waals surface area contributed by atoms with Gasteiger partial charge in [0.05, 0.1) is 10.4 Å². The number of hydrogen-bond donors (Lipinski definition) is 0. The maximum Gasteiger partial charge on any atom is 0.358 e. The zero-order valence-corrected chi connectivity index (χ0v) is 19.5. The van der Waals surface area contributed by atoms with Crippen molar-refractivity contribution in [3.8, 4) is 17.2 Å². The van der Waals surface area contributed by atoms with Crippen molar-refractivity contribution in [3.05, 3.63) is 98.8 Å². The standard InChI is InChI=1S/C27H24N4O5/c32-27-26(31(33)34)25(21-8-4-5-9-22(21)30(27)20-6-2-1-3-7-20)29-14-12-28(13-15-29)17-19-10-11-23-24(16-19)36-18-35-23/h1-11,16H,12-15,17-18H2. The summed E-state index contributed by atoms with van der Waals surface area (Å²) in [7, 11) is 0. The highest BCUT2D eigenvalue weighted by Crippen LogP contribution is 2.36. The van der Waals surface area contributed by atoms with Crippen molar-refractivity contribution in [2.75, 3.05) is 37.9 Å². The number of piperazine rings is 1. The Kier molecular flexibility index (Phi) is 5.54. The lowest BCUT2D eigenvalue weighted by Crippen LogP contribution is -2.46. The molecule has 0 spiro atoms. The van der Waals surface area contributed by atoms with E-state index in [-0.39, 0.29) is 12.5 Å². The first-order valence-corrected chi connectivity index (χ1v) is 11.8. The Morgan fingerprint density at radius 3 is 2.36 bits per heavy atom. The van der Waals surface area contributed by atoms with Gasteiger partial charge >= 0.3 is 11.2 Å². The lowest BCUT2D eigenvalue weighted by molar-refractivity contribution is -0.385. The summed E-state index contributed by atoms with van der Waals surface area (Å²) in [6, 6.07) is 22.4. The van der Waals surface area contributed by atoms with Crippen LogP contribution in [0.15, 0.2) is 77.6 Å². The maximum atomic E-state index is 13.5. The molecule has 1 saturated heterocycles. The van der Waals surface area contributed by atoms with Crippen LogP contribution in [0.1, 0.15) is 5.56 Å². The van der Waals surface area contributed by atoms with Gasteiger partial charge in [0.15, 0.2) is 11.5 Å². The summed E-state index contributed by atoms with van der Waals surface area (Å²) >= 11 is 0. The number of ether oxygens (including phenoxy) is 2. The number of nitro groups is 1. The summed E-state index contributed by atoms with van der Waals surface area (Å²) in [6.45, 7) is 3.55. The molecular weight excluding hydrogens is 460 g/mol. The average Bonchev–Trinajstić information content (AvgIpc) is 3.37. The largest absolute Gasteiger partial charge is 0.454 e. The lowest BCUT2D eigenvalue weighted by Gasteiger charge is -2.36. The second-order valence-electron chi connectivity index (χ2n) is 8.90. The Hall–Kier alpha value is -4.37. The third-order valence-corrected chi connectivity index (χ3v) is 6.76. The summed E-state index contributed by atoms with van der Waals surface area (Å²) in [5, 5.41) is 12.9. The van der Waals surface area contributed by atoms with E-state index < -0.39 is 10.5 Å². The molecule has 0 atom stereocenters. The molecule has 36 heavy (non-hydrogen) atoms. The average molecular weight is 485 g/mol.